The van der Waals surface area contributed by atoms with Crippen LogP contribution in [0.3, 0.4) is 0 Å². The van der Waals surface area contributed by atoms with Gasteiger partial charge in [0.15, 0.2) is 0 Å². The molecule has 1 aromatic rings. The van der Waals surface area contributed by atoms with Crippen molar-refractivity contribution in [2.24, 2.45) is 0 Å². The molecule has 3 nitrogen and oxygen atoms in total. The van der Waals surface area contributed by atoms with Crippen molar-refractivity contribution >= 4 is 21.9 Å². The fourth-order valence-corrected chi connectivity index (χ4v) is 1.46. The highest BCUT2D eigenvalue weighted by Crippen LogP contribution is 2.17. The first-order chi connectivity index (χ1) is 6.69. The van der Waals surface area contributed by atoms with Gasteiger partial charge in [-0.05, 0) is 24.7 Å². The predicted octanol–water partition coefficient (Wildman–Crippen LogP) is 1.88. The highest BCUT2D eigenvalue weighted by Gasteiger charge is 2.18. The lowest BCUT2D eigenvalue weighted by molar-refractivity contribution is -0.143. The van der Waals surface area contributed by atoms with Crippen molar-refractivity contribution in [1.82, 2.24) is 5.32 Å². The molecule has 1 N–H and O–H groups in total. The SMILES string of the molecule is CN[C@@H](C(=O)OC)c1ccc(Br)cc1. The summed E-state index contributed by atoms with van der Waals surface area (Å²) in [6.07, 6.45) is 0. The Labute approximate surface area is 91.6 Å². The van der Waals surface area contributed by atoms with Crippen molar-refractivity contribution in [3.63, 3.8) is 0 Å². The maximum atomic E-state index is 11.3. The van der Waals surface area contributed by atoms with Crippen LogP contribution in [0, 0.1) is 0 Å². The van der Waals surface area contributed by atoms with Crippen LogP contribution >= 0.6 is 15.9 Å². The van der Waals surface area contributed by atoms with Crippen molar-refractivity contribution in [3.8, 4) is 0 Å². The molecule has 0 aromatic heterocycles. The summed E-state index contributed by atoms with van der Waals surface area (Å²) >= 11 is 3.33. The van der Waals surface area contributed by atoms with E-state index in [9.17, 15) is 4.79 Å². The van der Waals surface area contributed by atoms with Crippen molar-refractivity contribution < 1.29 is 9.53 Å². The predicted molar refractivity (Wildman–Crippen MR) is 58.0 cm³/mol. The van der Waals surface area contributed by atoms with Crippen molar-refractivity contribution in [2.45, 2.75) is 6.04 Å². The molecule has 0 aliphatic rings. The molecule has 0 bridgehead atoms. The zero-order chi connectivity index (χ0) is 10.6. The zero-order valence-corrected chi connectivity index (χ0v) is 9.67. The lowest BCUT2D eigenvalue weighted by Gasteiger charge is -2.13. The molecule has 0 amide bonds. The fourth-order valence-electron chi connectivity index (χ4n) is 1.19. The topological polar surface area (TPSA) is 38.3 Å². The van der Waals surface area contributed by atoms with Crippen molar-refractivity contribution in [3.05, 3.63) is 34.3 Å². The van der Waals surface area contributed by atoms with Gasteiger partial charge in [-0.2, -0.15) is 0 Å². The highest BCUT2D eigenvalue weighted by atomic mass is 79.9. The molecule has 1 atom stereocenters. The minimum Gasteiger partial charge on any atom is -0.468 e. The Hall–Kier alpha value is -0.870. The number of hydrogen-bond donors (Lipinski definition) is 1. The summed E-state index contributed by atoms with van der Waals surface area (Å²) in [6, 6.07) is 7.14. The molecule has 0 heterocycles. The summed E-state index contributed by atoms with van der Waals surface area (Å²) in [5, 5.41) is 2.90. The Bertz CT molecular complexity index is 310. The first-order valence-corrected chi connectivity index (χ1v) is 4.99. The quantitative estimate of drug-likeness (QED) is 0.841. The summed E-state index contributed by atoms with van der Waals surface area (Å²) in [6.45, 7) is 0. The number of halogens is 1. The molecule has 14 heavy (non-hydrogen) atoms. The van der Waals surface area contributed by atoms with Gasteiger partial charge < -0.3 is 10.1 Å². The average Bonchev–Trinajstić information content (AvgIpc) is 2.21. The van der Waals surface area contributed by atoms with Gasteiger partial charge in [-0.25, -0.2) is 4.79 Å². The van der Waals surface area contributed by atoms with E-state index in [0.29, 0.717) is 0 Å². The van der Waals surface area contributed by atoms with Crippen LogP contribution < -0.4 is 5.32 Å². The molecule has 0 saturated carbocycles. The van der Waals surface area contributed by atoms with E-state index in [1.54, 1.807) is 7.05 Å². The normalized spacial score (nSPS) is 12.2. The minimum absolute atomic E-state index is 0.283. The summed E-state index contributed by atoms with van der Waals surface area (Å²) in [4.78, 5) is 11.3. The Balaban J connectivity index is 2.89. The molecule has 76 valence electrons. The number of nitrogens with one attached hydrogen (secondary N) is 1. The number of benzene rings is 1. The highest BCUT2D eigenvalue weighted by molar-refractivity contribution is 9.10. The number of rotatable bonds is 3. The van der Waals surface area contributed by atoms with E-state index in [-0.39, 0.29) is 5.97 Å². The Morgan fingerprint density at radius 1 is 1.43 bits per heavy atom. The third kappa shape index (κ3) is 2.56. The third-order valence-electron chi connectivity index (χ3n) is 1.93. The number of carbonyl (C=O) groups excluding carboxylic acids is 1. The van der Waals surface area contributed by atoms with E-state index in [1.165, 1.54) is 7.11 Å². The van der Waals surface area contributed by atoms with Crippen LogP contribution in [0.25, 0.3) is 0 Å². The first kappa shape index (κ1) is 11.2. The van der Waals surface area contributed by atoms with Crippen LogP contribution in [0.5, 0.6) is 0 Å². The zero-order valence-electron chi connectivity index (χ0n) is 8.08. The van der Waals surface area contributed by atoms with Gasteiger partial charge in [-0.3, -0.25) is 0 Å². The van der Waals surface area contributed by atoms with E-state index in [1.807, 2.05) is 24.3 Å². The third-order valence-corrected chi connectivity index (χ3v) is 2.46. The molecule has 4 heteroatoms. The smallest absolute Gasteiger partial charge is 0.327 e. The van der Waals surface area contributed by atoms with Gasteiger partial charge in [-0.15, -0.1) is 0 Å². The van der Waals surface area contributed by atoms with E-state index >= 15 is 0 Å². The van der Waals surface area contributed by atoms with Gasteiger partial charge in [0.25, 0.3) is 0 Å². The number of hydrogen-bond acceptors (Lipinski definition) is 3. The van der Waals surface area contributed by atoms with Gasteiger partial charge >= 0.3 is 5.97 Å². The number of carbonyl (C=O) groups is 1. The van der Waals surface area contributed by atoms with Crippen LogP contribution in [-0.2, 0) is 9.53 Å². The van der Waals surface area contributed by atoms with Gasteiger partial charge in [-0.1, -0.05) is 28.1 Å². The molecule has 0 spiro atoms. The van der Waals surface area contributed by atoms with E-state index < -0.39 is 6.04 Å². The number of ether oxygens (including phenoxy) is 1. The Morgan fingerprint density at radius 3 is 2.43 bits per heavy atom. The Morgan fingerprint density at radius 2 is 2.00 bits per heavy atom. The van der Waals surface area contributed by atoms with Crippen LogP contribution in [0.1, 0.15) is 11.6 Å². The molecule has 0 fully saturated rings. The lowest BCUT2D eigenvalue weighted by atomic mass is 10.1. The molecule has 1 rings (SSSR count). The first-order valence-electron chi connectivity index (χ1n) is 4.19. The maximum absolute atomic E-state index is 11.3. The van der Waals surface area contributed by atoms with Crippen LogP contribution in [-0.4, -0.2) is 20.1 Å². The monoisotopic (exact) mass is 257 g/mol. The lowest BCUT2D eigenvalue weighted by Crippen LogP contribution is -2.26. The fraction of sp³-hybridized carbons (Fsp3) is 0.300. The second-order valence-electron chi connectivity index (χ2n) is 2.80. The molecule has 0 saturated heterocycles. The summed E-state index contributed by atoms with van der Waals surface area (Å²) < 4.78 is 5.66. The van der Waals surface area contributed by atoms with Crippen molar-refractivity contribution in [1.29, 1.82) is 0 Å². The molecular weight excluding hydrogens is 246 g/mol. The average molecular weight is 258 g/mol. The number of likely N-dealkylation sites (N-methyl/N-ethyl adjacent to an activating group) is 1. The molecule has 0 unspecified atom stereocenters. The van der Waals surface area contributed by atoms with E-state index in [4.69, 9.17) is 0 Å². The van der Waals surface area contributed by atoms with Gasteiger partial charge in [0, 0.05) is 4.47 Å². The molecule has 1 aromatic carbocycles. The Kier molecular flexibility index (Phi) is 4.10. The second-order valence-corrected chi connectivity index (χ2v) is 3.71. The largest absolute Gasteiger partial charge is 0.468 e. The summed E-state index contributed by atoms with van der Waals surface area (Å²) in [5.74, 6) is -0.283. The van der Waals surface area contributed by atoms with Crippen LogP contribution in [0.15, 0.2) is 28.7 Å². The molecule has 0 aliphatic carbocycles. The number of esters is 1. The molecule has 0 aliphatic heterocycles. The van der Waals surface area contributed by atoms with Crippen LogP contribution in [0.2, 0.25) is 0 Å². The van der Waals surface area contributed by atoms with Crippen molar-refractivity contribution in [2.75, 3.05) is 14.2 Å². The maximum Gasteiger partial charge on any atom is 0.327 e. The molecule has 0 radical (unpaired) electrons. The van der Waals surface area contributed by atoms with Gasteiger partial charge in [0.2, 0.25) is 0 Å². The van der Waals surface area contributed by atoms with E-state index in [2.05, 4.69) is 26.0 Å². The summed E-state index contributed by atoms with van der Waals surface area (Å²) in [7, 11) is 3.11. The minimum atomic E-state index is -0.395. The standard InChI is InChI=1S/C10H12BrNO2/c1-12-9(10(13)14-2)7-3-5-8(11)6-4-7/h3-6,9,12H,1-2H3/t9-/m1/s1. The number of methoxy groups -OCH3 is 1. The molecular formula is C10H12BrNO2. The van der Waals surface area contributed by atoms with E-state index in [0.717, 1.165) is 10.0 Å². The summed E-state index contributed by atoms with van der Waals surface area (Å²) in [5.41, 5.74) is 0.891. The van der Waals surface area contributed by atoms with Gasteiger partial charge in [0.1, 0.15) is 6.04 Å². The van der Waals surface area contributed by atoms with Gasteiger partial charge in [0.05, 0.1) is 7.11 Å². The second kappa shape index (κ2) is 5.12. The van der Waals surface area contributed by atoms with Crippen LogP contribution in [0.4, 0.5) is 0 Å².